The monoisotopic (exact) mass is 271 g/mol. The van der Waals surface area contributed by atoms with Crippen molar-refractivity contribution in [1.82, 2.24) is 4.98 Å². The van der Waals surface area contributed by atoms with Crippen molar-refractivity contribution in [2.45, 2.75) is 20.3 Å². The van der Waals surface area contributed by atoms with Gasteiger partial charge in [-0.25, -0.2) is 4.99 Å². The number of aromatic amines is 1. The molecule has 4 heteroatoms. The molecule has 0 aliphatic carbocycles. The molecular formula is C16H21N3O. The van der Waals surface area contributed by atoms with Crippen molar-refractivity contribution in [3.63, 3.8) is 0 Å². The summed E-state index contributed by atoms with van der Waals surface area (Å²) >= 11 is 0. The summed E-state index contributed by atoms with van der Waals surface area (Å²) < 4.78 is 5.03. The molecule has 1 aromatic rings. The number of rotatable bonds is 6. The number of nitrogens with one attached hydrogen (secondary N) is 2. The van der Waals surface area contributed by atoms with Crippen LogP contribution in [0.1, 0.15) is 31.4 Å². The molecule has 0 unspecified atom stereocenters. The van der Waals surface area contributed by atoms with Gasteiger partial charge in [-0.3, -0.25) is 5.41 Å². The van der Waals surface area contributed by atoms with Gasteiger partial charge in [0.15, 0.2) is 0 Å². The summed E-state index contributed by atoms with van der Waals surface area (Å²) in [5.74, 6) is 0.773. The van der Waals surface area contributed by atoms with Crippen molar-refractivity contribution in [3.8, 4) is 0 Å². The Morgan fingerprint density at radius 1 is 1.55 bits per heavy atom. The molecule has 0 radical (unpaired) electrons. The van der Waals surface area contributed by atoms with E-state index in [-0.39, 0.29) is 5.90 Å². The zero-order valence-electron chi connectivity index (χ0n) is 12.3. The largest absolute Gasteiger partial charge is 0.481 e. The van der Waals surface area contributed by atoms with Crippen molar-refractivity contribution < 1.29 is 4.74 Å². The first-order chi connectivity index (χ1) is 9.58. The Bertz CT molecular complexity index is 577. The molecule has 0 fully saturated rings. The molecule has 0 spiro atoms. The van der Waals surface area contributed by atoms with Crippen LogP contribution in [-0.2, 0) is 4.74 Å². The van der Waals surface area contributed by atoms with E-state index in [9.17, 15) is 0 Å². The second-order valence-corrected chi connectivity index (χ2v) is 4.32. The topological polar surface area (TPSA) is 61.2 Å². The molecule has 0 bridgehead atoms. The van der Waals surface area contributed by atoms with E-state index in [0.717, 1.165) is 17.5 Å². The van der Waals surface area contributed by atoms with Gasteiger partial charge in [-0.2, -0.15) is 0 Å². The van der Waals surface area contributed by atoms with Gasteiger partial charge >= 0.3 is 0 Å². The van der Waals surface area contributed by atoms with Gasteiger partial charge in [0.2, 0.25) is 5.90 Å². The highest BCUT2D eigenvalue weighted by Crippen LogP contribution is 2.30. The number of allylic oxidation sites excluding steroid dienone is 3. The van der Waals surface area contributed by atoms with E-state index in [1.54, 1.807) is 12.2 Å². The molecule has 1 aromatic heterocycles. The lowest BCUT2D eigenvalue weighted by Gasteiger charge is -2.08. The summed E-state index contributed by atoms with van der Waals surface area (Å²) in [6.45, 7) is 11.4. The van der Waals surface area contributed by atoms with Gasteiger partial charge in [0, 0.05) is 22.9 Å². The summed E-state index contributed by atoms with van der Waals surface area (Å²) in [7, 11) is 1.48. The van der Waals surface area contributed by atoms with Crippen LogP contribution in [-0.4, -0.2) is 24.7 Å². The maximum absolute atomic E-state index is 7.91. The second kappa shape index (κ2) is 7.28. The number of nitrogens with zero attached hydrogens (tertiary/aromatic N) is 1. The third-order valence-electron chi connectivity index (χ3n) is 3.03. The Morgan fingerprint density at radius 3 is 2.75 bits per heavy atom. The highest BCUT2D eigenvalue weighted by atomic mass is 16.5. The Morgan fingerprint density at radius 2 is 2.25 bits per heavy atom. The Balaban J connectivity index is 3.47. The summed E-state index contributed by atoms with van der Waals surface area (Å²) in [5, 5.41) is 7.91. The predicted octanol–water partition coefficient (Wildman–Crippen LogP) is 4.35. The minimum absolute atomic E-state index is 0.0864. The van der Waals surface area contributed by atoms with Crippen LogP contribution in [0.15, 0.2) is 35.5 Å². The van der Waals surface area contributed by atoms with Crippen LogP contribution in [0.4, 0.5) is 5.82 Å². The predicted molar refractivity (Wildman–Crippen MR) is 86.9 cm³/mol. The quantitative estimate of drug-likeness (QED) is 0.451. The smallest absolute Gasteiger partial charge is 0.213 e. The van der Waals surface area contributed by atoms with E-state index >= 15 is 0 Å². The van der Waals surface area contributed by atoms with Crippen LogP contribution in [0, 0.1) is 5.41 Å². The molecule has 0 aliphatic heterocycles. The van der Waals surface area contributed by atoms with Crippen molar-refractivity contribution in [1.29, 1.82) is 5.41 Å². The molecule has 0 aliphatic rings. The van der Waals surface area contributed by atoms with Crippen molar-refractivity contribution in [3.05, 3.63) is 41.6 Å². The normalized spacial score (nSPS) is 12.2. The maximum Gasteiger partial charge on any atom is 0.213 e. The summed E-state index contributed by atoms with van der Waals surface area (Å²) in [6.07, 6.45) is 8.19. The Labute approximate surface area is 120 Å². The molecule has 4 nitrogen and oxygen atoms in total. The average molecular weight is 271 g/mol. The van der Waals surface area contributed by atoms with Gasteiger partial charge in [0.1, 0.15) is 5.82 Å². The molecule has 2 N–H and O–H groups in total. The van der Waals surface area contributed by atoms with Gasteiger partial charge in [0.25, 0.3) is 0 Å². The average Bonchev–Trinajstić information content (AvgIpc) is 2.86. The summed E-state index contributed by atoms with van der Waals surface area (Å²) in [5.41, 5.74) is 3.64. The molecule has 106 valence electrons. The highest BCUT2D eigenvalue weighted by molar-refractivity contribution is 6.19. The lowest BCUT2D eigenvalue weighted by atomic mass is 10.0. The third kappa shape index (κ3) is 3.35. The fraction of sp³-hybridized carbons (Fsp3) is 0.250. The van der Waals surface area contributed by atoms with E-state index in [4.69, 9.17) is 10.1 Å². The van der Waals surface area contributed by atoms with Crippen LogP contribution >= 0.6 is 0 Å². The van der Waals surface area contributed by atoms with Crippen molar-refractivity contribution in [2.24, 2.45) is 4.99 Å². The minimum atomic E-state index is 0.0864. The van der Waals surface area contributed by atoms with Gasteiger partial charge in [-0.05, 0) is 26.1 Å². The summed E-state index contributed by atoms with van der Waals surface area (Å²) in [6, 6.07) is 0. The fourth-order valence-corrected chi connectivity index (χ4v) is 1.79. The minimum Gasteiger partial charge on any atom is -0.481 e. The number of aliphatic imine (C=N–C) groups is 1. The standard InChI is InChI=1S/C16H21N3O/c1-6-8-12(15(17)20-5)14-10-19-16(18-4)13(14)9-11(3)7-2/h6,8-10,17,19H,1,4,7H2,2-3,5H3/b11-9+,12-8-,17-15?. The molecule has 0 saturated heterocycles. The number of methoxy groups -OCH3 is 1. The maximum atomic E-state index is 7.91. The molecule has 0 aromatic carbocycles. The van der Waals surface area contributed by atoms with Crippen molar-refractivity contribution in [2.75, 3.05) is 7.11 Å². The van der Waals surface area contributed by atoms with Gasteiger partial charge in [-0.15, -0.1) is 0 Å². The number of ether oxygens (including phenoxy) is 1. The fourth-order valence-electron chi connectivity index (χ4n) is 1.79. The Kier molecular flexibility index (Phi) is 5.72. The molecule has 0 atom stereocenters. The first-order valence-electron chi connectivity index (χ1n) is 6.40. The molecular weight excluding hydrogens is 250 g/mol. The first-order valence-corrected chi connectivity index (χ1v) is 6.40. The zero-order valence-corrected chi connectivity index (χ0v) is 12.3. The van der Waals surface area contributed by atoms with Crippen LogP contribution in [0.3, 0.4) is 0 Å². The van der Waals surface area contributed by atoms with Gasteiger partial charge in [-0.1, -0.05) is 31.2 Å². The number of aromatic nitrogens is 1. The van der Waals surface area contributed by atoms with E-state index < -0.39 is 0 Å². The number of hydrogen-bond donors (Lipinski definition) is 2. The molecule has 1 rings (SSSR count). The molecule has 0 amide bonds. The second-order valence-electron chi connectivity index (χ2n) is 4.32. The van der Waals surface area contributed by atoms with E-state index in [1.165, 1.54) is 12.7 Å². The number of H-pyrrole nitrogens is 1. The molecule has 20 heavy (non-hydrogen) atoms. The van der Waals surface area contributed by atoms with E-state index in [1.807, 2.05) is 6.20 Å². The van der Waals surface area contributed by atoms with Crippen LogP contribution in [0.2, 0.25) is 0 Å². The van der Waals surface area contributed by atoms with Crippen LogP contribution in [0.25, 0.3) is 11.6 Å². The van der Waals surface area contributed by atoms with Crippen molar-refractivity contribution >= 4 is 30.1 Å². The SMILES string of the molecule is C=C/C=C(\C(=N)OC)c1c[nH]c(N=C)c1/C=C(\C)CC. The Hall–Kier alpha value is -2.36. The third-order valence-corrected chi connectivity index (χ3v) is 3.03. The van der Waals surface area contributed by atoms with Crippen LogP contribution in [0.5, 0.6) is 0 Å². The number of hydrogen-bond acceptors (Lipinski definition) is 3. The highest BCUT2D eigenvalue weighted by Gasteiger charge is 2.16. The lowest BCUT2D eigenvalue weighted by Crippen LogP contribution is -2.03. The molecule has 1 heterocycles. The van der Waals surface area contributed by atoms with Gasteiger partial charge in [0.05, 0.1) is 7.11 Å². The summed E-state index contributed by atoms with van der Waals surface area (Å²) in [4.78, 5) is 7.06. The zero-order chi connectivity index (χ0) is 15.1. The van der Waals surface area contributed by atoms with E-state index in [0.29, 0.717) is 11.4 Å². The first kappa shape index (κ1) is 15.7. The van der Waals surface area contributed by atoms with Crippen LogP contribution < -0.4 is 0 Å². The van der Waals surface area contributed by atoms with E-state index in [2.05, 4.69) is 43.2 Å². The van der Waals surface area contributed by atoms with Gasteiger partial charge < -0.3 is 9.72 Å². The lowest BCUT2D eigenvalue weighted by molar-refractivity contribution is 0.405. The molecule has 0 saturated carbocycles.